The average Bonchev–Trinajstić information content (AvgIpc) is 3.47. The molecule has 0 atom stereocenters. The summed E-state index contributed by atoms with van der Waals surface area (Å²) in [6.07, 6.45) is 4.03. The van der Waals surface area contributed by atoms with Crippen LogP contribution in [0.1, 0.15) is 26.6 Å². The van der Waals surface area contributed by atoms with Gasteiger partial charge in [0.25, 0.3) is 5.91 Å². The molecule has 0 fully saturated rings. The smallest absolute Gasteiger partial charge is 0.260 e. The van der Waals surface area contributed by atoms with E-state index in [1.807, 2.05) is 35.7 Å². The van der Waals surface area contributed by atoms with Crippen molar-refractivity contribution in [3.63, 3.8) is 0 Å². The van der Waals surface area contributed by atoms with E-state index in [9.17, 15) is 4.79 Å². The summed E-state index contributed by atoms with van der Waals surface area (Å²) in [5, 5.41) is 6.70. The minimum Gasteiger partial charge on any atom is -0.472 e. The van der Waals surface area contributed by atoms with Gasteiger partial charge in [-0.1, -0.05) is 41.0 Å². The fourth-order valence-corrected chi connectivity index (χ4v) is 4.10. The molecule has 4 aromatic rings. The summed E-state index contributed by atoms with van der Waals surface area (Å²) < 4.78 is 10.6. The molecule has 7 heteroatoms. The maximum Gasteiger partial charge on any atom is 0.260 e. The summed E-state index contributed by atoms with van der Waals surface area (Å²) in [7, 11) is 0. The van der Waals surface area contributed by atoms with Gasteiger partial charge in [-0.3, -0.25) is 4.79 Å². The Morgan fingerprint density at radius 3 is 2.79 bits per heavy atom. The van der Waals surface area contributed by atoms with E-state index in [1.54, 1.807) is 41.8 Å². The largest absolute Gasteiger partial charge is 0.472 e. The first-order valence-electron chi connectivity index (χ1n) is 9.17. The number of carbonyl (C=O) groups is 1. The van der Waals surface area contributed by atoms with Crippen LogP contribution in [-0.4, -0.2) is 22.5 Å². The summed E-state index contributed by atoms with van der Waals surface area (Å²) in [5.74, 6) is 0.328. The van der Waals surface area contributed by atoms with Crippen LogP contribution in [0.5, 0.6) is 0 Å². The Morgan fingerprint density at radius 1 is 1.21 bits per heavy atom. The van der Waals surface area contributed by atoms with Gasteiger partial charge in [0, 0.05) is 29.1 Å². The van der Waals surface area contributed by atoms with Gasteiger partial charge in [0.15, 0.2) is 0 Å². The second kappa shape index (κ2) is 8.68. The molecular weight excluding hydrogens is 408 g/mol. The first kappa shape index (κ1) is 19.5. The lowest BCUT2D eigenvalue weighted by molar-refractivity contribution is 0.0744. The third-order valence-electron chi connectivity index (χ3n) is 4.65. The molecule has 0 N–H and O–H groups in total. The predicted octanol–water partition coefficient (Wildman–Crippen LogP) is 5.84. The molecule has 0 spiro atoms. The number of rotatable bonds is 7. The number of nitrogens with zero attached hydrogens (tertiary/aromatic N) is 2. The Balaban J connectivity index is 1.67. The molecule has 0 unspecified atom stereocenters. The lowest BCUT2D eigenvalue weighted by Gasteiger charge is -2.22. The van der Waals surface area contributed by atoms with Crippen LogP contribution in [0.3, 0.4) is 0 Å². The number of amides is 1. The normalized spacial score (nSPS) is 11.0. The number of aryl methyl sites for hydroxylation is 1. The van der Waals surface area contributed by atoms with Crippen molar-refractivity contribution in [1.82, 2.24) is 10.1 Å². The Bertz CT molecular complexity index is 1090. The highest BCUT2D eigenvalue weighted by atomic mass is 35.5. The Kier molecular flexibility index (Phi) is 5.83. The van der Waals surface area contributed by atoms with Crippen molar-refractivity contribution in [2.75, 3.05) is 6.54 Å². The Morgan fingerprint density at radius 2 is 2.07 bits per heavy atom. The number of halogens is 1. The second-order valence-corrected chi connectivity index (χ2v) is 8.07. The third-order valence-corrected chi connectivity index (χ3v) is 5.92. The molecule has 0 aliphatic heterocycles. The van der Waals surface area contributed by atoms with Crippen molar-refractivity contribution < 1.29 is 13.7 Å². The second-order valence-electron chi connectivity index (χ2n) is 6.63. The van der Waals surface area contributed by atoms with Gasteiger partial charge in [-0.2, -0.15) is 0 Å². The average molecular weight is 427 g/mol. The van der Waals surface area contributed by atoms with Crippen LogP contribution in [0.15, 0.2) is 69.3 Å². The summed E-state index contributed by atoms with van der Waals surface area (Å²) >= 11 is 8.03. The van der Waals surface area contributed by atoms with Crippen molar-refractivity contribution in [1.29, 1.82) is 0 Å². The molecular formula is C22H19ClN2O3S. The zero-order chi connectivity index (χ0) is 20.2. The first-order valence-corrected chi connectivity index (χ1v) is 10.4. The first-order chi connectivity index (χ1) is 14.1. The lowest BCUT2D eigenvalue weighted by Crippen LogP contribution is -2.32. The molecule has 1 aromatic carbocycles. The van der Waals surface area contributed by atoms with Gasteiger partial charge in [-0.15, -0.1) is 11.3 Å². The maximum atomic E-state index is 13.6. The Labute approximate surface area is 177 Å². The molecule has 5 nitrogen and oxygen atoms in total. The molecule has 0 saturated carbocycles. The monoisotopic (exact) mass is 426 g/mol. The molecule has 0 saturated heterocycles. The SMILES string of the molecule is Cc1onc(-c2ccccc2Cl)c1C(=O)N(CCc1cccs1)Cc1ccoc1. The number of aromatic nitrogens is 1. The molecule has 3 heterocycles. The maximum absolute atomic E-state index is 13.6. The molecule has 4 rings (SSSR count). The molecule has 3 aromatic heterocycles. The molecule has 0 radical (unpaired) electrons. The zero-order valence-electron chi connectivity index (χ0n) is 15.8. The van der Waals surface area contributed by atoms with Gasteiger partial charge >= 0.3 is 0 Å². The number of furan rings is 1. The molecule has 0 aliphatic rings. The summed E-state index contributed by atoms with van der Waals surface area (Å²) in [6, 6.07) is 13.3. The fraction of sp³-hybridized carbons (Fsp3) is 0.182. The standard InChI is InChI=1S/C22H19ClN2O3S/c1-15-20(21(24-28-15)18-6-2-3-7-19(18)23)22(26)25(13-16-9-11-27-14-16)10-8-17-5-4-12-29-17/h2-7,9,11-12,14H,8,10,13H2,1H3. The van der Waals surface area contributed by atoms with Crippen molar-refractivity contribution in [2.45, 2.75) is 19.9 Å². The van der Waals surface area contributed by atoms with E-state index in [-0.39, 0.29) is 5.91 Å². The predicted molar refractivity (Wildman–Crippen MR) is 113 cm³/mol. The number of hydrogen-bond donors (Lipinski definition) is 0. The highest BCUT2D eigenvalue weighted by molar-refractivity contribution is 7.09. The van der Waals surface area contributed by atoms with Crippen molar-refractivity contribution >= 4 is 28.8 Å². The van der Waals surface area contributed by atoms with Crippen molar-refractivity contribution in [3.8, 4) is 11.3 Å². The van der Waals surface area contributed by atoms with E-state index in [1.165, 1.54) is 4.88 Å². The minimum absolute atomic E-state index is 0.142. The van der Waals surface area contributed by atoms with Crippen LogP contribution in [0, 0.1) is 6.92 Å². The van der Waals surface area contributed by atoms with Crippen LogP contribution < -0.4 is 0 Å². The van der Waals surface area contributed by atoms with Crippen LogP contribution in [0.25, 0.3) is 11.3 Å². The van der Waals surface area contributed by atoms with Crippen LogP contribution in [0.4, 0.5) is 0 Å². The molecule has 1 amide bonds. The molecule has 0 aliphatic carbocycles. The molecule has 0 bridgehead atoms. The van der Waals surface area contributed by atoms with E-state index < -0.39 is 0 Å². The van der Waals surface area contributed by atoms with E-state index in [0.717, 1.165) is 12.0 Å². The fourth-order valence-electron chi connectivity index (χ4n) is 3.17. The summed E-state index contributed by atoms with van der Waals surface area (Å²) in [4.78, 5) is 16.6. The van der Waals surface area contributed by atoms with Gasteiger partial charge in [0.2, 0.25) is 0 Å². The molecule has 29 heavy (non-hydrogen) atoms. The zero-order valence-corrected chi connectivity index (χ0v) is 17.4. The van der Waals surface area contributed by atoms with Gasteiger partial charge in [0.1, 0.15) is 17.0 Å². The van der Waals surface area contributed by atoms with Crippen LogP contribution in [0.2, 0.25) is 5.02 Å². The summed E-state index contributed by atoms with van der Waals surface area (Å²) in [6.45, 7) is 2.75. The van der Waals surface area contributed by atoms with Crippen LogP contribution >= 0.6 is 22.9 Å². The quantitative estimate of drug-likeness (QED) is 0.372. The van der Waals surface area contributed by atoms with Crippen molar-refractivity contribution in [2.24, 2.45) is 0 Å². The number of benzene rings is 1. The Hall–Kier alpha value is -2.83. The van der Waals surface area contributed by atoms with Gasteiger partial charge in [-0.05, 0) is 36.9 Å². The van der Waals surface area contributed by atoms with E-state index in [2.05, 4.69) is 11.2 Å². The number of hydrogen-bond acceptors (Lipinski definition) is 5. The highest BCUT2D eigenvalue weighted by Gasteiger charge is 2.27. The number of thiophene rings is 1. The highest BCUT2D eigenvalue weighted by Crippen LogP contribution is 2.32. The van der Waals surface area contributed by atoms with E-state index in [4.69, 9.17) is 20.5 Å². The lowest BCUT2D eigenvalue weighted by atomic mass is 10.0. The van der Waals surface area contributed by atoms with Crippen LogP contribution in [-0.2, 0) is 13.0 Å². The summed E-state index contributed by atoms with van der Waals surface area (Å²) in [5.41, 5.74) is 2.51. The minimum atomic E-state index is -0.142. The molecule has 148 valence electrons. The van der Waals surface area contributed by atoms with Gasteiger partial charge in [-0.25, -0.2) is 0 Å². The van der Waals surface area contributed by atoms with Gasteiger partial charge < -0.3 is 13.8 Å². The number of carbonyl (C=O) groups excluding carboxylic acids is 1. The van der Waals surface area contributed by atoms with Crippen molar-refractivity contribution in [3.05, 3.63) is 87.2 Å². The van der Waals surface area contributed by atoms with E-state index >= 15 is 0 Å². The third kappa shape index (κ3) is 4.28. The topological polar surface area (TPSA) is 59.5 Å². The van der Waals surface area contributed by atoms with Gasteiger partial charge in [0.05, 0.1) is 17.5 Å². The van der Waals surface area contributed by atoms with E-state index in [0.29, 0.717) is 40.7 Å².